The number of fused-ring (bicyclic) bond motifs is 1. The van der Waals surface area contributed by atoms with E-state index in [1.165, 1.54) is 12.1 Å². The van der Waals surface area contributed by atoms with Crippen molar-refractivity contribution < 1.29 is 34.9 Å². The second-order valence-corrected chi connectivity index (χ2v) is 15.3. The molecule has 0 spiro atoms. The SMILES string of the molecule is Cc1ccc2c(c1)C(OS(=O)(=O)C(F)(F)F)=CC(C)(CO[Si](C)(C)C(C)(C)C)O2. The highest BCUT2D eigenvalue weighted by molar-refractivity contribution is 7.87. The zero-order valence-electron chi connectivity index (χ0n) is 17.6. The first-order valence-electron chi connectivity index (χ1n) is 9.05. The molecule has 0 saturated heterocycles. The third-order valence-electron chi connectivity index (χ3n) is 5.19. The average molecular weight is 453 g/mol. The Morgan fingerprint density at radius 1 is 1.17 bits per heavy atom. The van der Waals surface area contributed by atoms with Crippen LogP contribution in [0.3, 0.4) is 0 Å². The lowest BCUT2D eigenvalue weighted by Crippen LogP contribution is -2.47. The molecule has 0 N–H and O–H groups in total. The van der Waals surface area contributed by atoms with Crippen LogP contribution in [-0.4, -0.2) is 34.5 Å². The van der Waals surface area contributed by atoms with Gasteiger partial charge in [-0.15, -0.1) is 0 Å². The smallest absolute Gasteiger partial charge is 0.480 e. The summed E-state index contributed by atoms with van der Waals surface area (Å²) in [4.78, 5) is 0. The first-order valence-corrected chi connectivity index (χ1v) is 13.4. The molecule has 5 nitrogen and oxygen atoms in total. The highest BCUT2D eigenvalue weighted by Gasteiger charge is 2.50. The van der Waals surface area contributed by atoms with Crippen molar-refractivity contribution in [1.29, 1.82) is 0 Å². The van der Waals surface area contributed by atoms with Gasteiger partial charge in [0.25, 0.3) is 0 Å². The van der Waals surface area contributed by atoms with Gasteiger partial charge in [-0.3, -0.25) is 0 Å². The Morgan fingerprint density at radius 3 is 2.28 bits per heavy atom. The van der Waals surface area contributed by atoms with Crippen molar-refractivity contribution >= 4 is 24.2 Å². The molecule has 0 aromatic heterocycles. The van der Waals surface area contributed by atoms with Gasteiger partial charge in [0.05, 0.1) is 12.2 Å². The van der Waals surface area contributed by atoms with Gasteiger partial charge in [-0.1, -0.05) is 32.4 Å². The fraction of sp³-hybridized carbons (Fsp3) is 0.579. The van der Waals surface area contributed by atoms with E-state index in [9.17, 15) is 21.6 Å². The Labute approximate surface area is 171 Å². The Kier molecular flexibility index (Phi) is 5.99. The standard InChI is InChI=1S/C19H27F3O5SSi/c1-13-8-9-15-14(10-13)16(27-28(23,24)19(20,21)22)11-18(5,26-15)12-25-29(6,7)17(2,3)4/h8-11H,12H2,1-7H3. The number of benzene rings is 1. The molecule has 1 aromatic rings. The molecule has 164 valence electrons. The zero-order valence-corrected chi connectivity index (χ0v) is 19.4. The van der Waals surface area contributed by atoms with Gasteiger partial charge in [-0.2, -0.15) is 21.6 Å². The van der Waals surface area contributed by atoms with Crippen LogP contribution in [0, 0.1) is 6.92 Å². The summed E-state index contributed by atoms with van der Waals surface area (Å²) >= 11 is 0. The minimum absolute atomic E-state index is 0.0374. The predicted molar refractivity (Wildman–Crippen MR) is 107 cm³/mol. The molecule has 1 unspecified atom stereocenters. The van der Waals surface area contributed by atoms with Crippen molar-refractivity contribution in [2.24, 2.45) is 0 Å². The highest BCUT2D eigenvalue weighted by Crippen LogP contribution is 2.42. The molecule has 1 aromatic carbocycles. The first-order chi connectivity index (χ1) is 12.9. The van der Waals surface area contributed by atoms with Gasteiger partial charge < -0.3 is 13.3 Å². The molecule has 1 aliphatic heterocycles. The van der Waals surface area contributed by atoms with Gasteiger partial charge in [0.2, 0.25) is 0 Å². The molecule has 0 radical (unpaired) electrons. The maximum absolute atomic E-state index is 12.9. The molecule has 29 heavy (non-hydrogen) atoms. The van der Waals surface area contributed by atoms with E-state index in [2.05, 4.69) is 25.0 Å². The average Bonchev–Trinajstić information content (AvgIpc) is 2.51. The third kappa shape index (κ3) is 5.15. The molecule has 0 amide bonds. The van der Waals surface area contributed by atoms with Crippen molar-refractivity contribution in [1.82, 2.24) is 0 Å². The predicted octanol–water partition coefficient (Wildman–Crippen LogP) is 5.38. The van der Waals surface area contributed by atoms with Crippen LogP contribution in [0.2, 0.25) is 18.1 Å². The zero-order chi connectivity index (χ0) is 22.5. The summed E-state index contributed by atoms with van der Waals surface area (Å²) in [5, 5.41) is -0.0876. The number of ether oxygens (including phenoxy) is 1. The summed E-state index contributed by atoms with van der Waals surface area (Å²) in [5.74, 6) is -0.194. The van der Waals surface area contributed by atoms with Gasteiger partial charge in [0.1, 0.15) is 5.75 Å². The summed E-state index contributed by atoms with van der Waals surface area (Å²) in [5.41, 5.74) is -5.88. The molecule has 0 saturated carbocycles. The number of halogens is 3. The summed E-state index contributed by atoms with van der Waals surface area (Å²) in [6.45, 7) is 13.6. The van der Waals surface area contributed by atoms with E-state index in [0.717, 1.165) is 0 Å². The minimum atomic E-state index is -5.83. The van der Waals surface area contributed by atoms with Crippen LogP contribution in [0.4, 0.5) is 13.2 Å². The minimum Gasteiger partial charge on any atom is -0.480 e. The molecule has 1 aliphatic rings. The van der Waals surface area contributed by atoms with Gasteiger partial charge in [-0.05, 0) is 44.1 Å². The van der Waals surface area contributed by atoms with Crippen molar-refractivity contribution in [3.63, 3.8) is 0 Å². The second kappa shape index (κ2) is 7.31. The molecule has 0 aliphatic carbocycles. The highest BCUT2D eigenvalue weighted by atomic mass is 32.2. The van der Waals surface area contributed by atoms with Crippen LogP contribution >= 0.6 is 0 Å². The van der Waals surface area contributed by atoms with E-state index < -0.39 is 35.3 Å². The summed E-state index contributed by atoms with van der Waals surface area (Å²) in [6.07, 6.45) is 1.24. The molecular formula is C19H27F3O5SSi. The molecule has 2 rings (SSSR count). The Balaban J connectivity index is 2.45. The first kappa shape index (κ1) is 23.8. The summed E-state index contributed by atoms with van der Waals surface area (Å²) < 4.78 is 78.5. The van der Waals surface area contributed by atoms with Crippen LogP contribution in [0.15, 0.2) is 24.3 Å². The molecular weight excluding hydrogens is 425 g/mol. The van der Waals surface area contributed by atoms with Crippen LogP contribution in [0.5, 0.6) is 5.75 Å². The molecule has 0 bridgehead atoms. The molecule has 1 heterocycles. The van der Waals surface area contributed by atoms with Crippen LogP contribution in [0.1, 0.15) is 38.8 Å². The van der Waals surface area contributed by atoms with E-state index >= 15 is 0 Å². The lowest BCUT2D eigenvalue weighted by atomic mass is 9.98. The van der Waals surface area contributed by atoms with Crippen molar-refractivity contribution in [2.45, 2.75) is 63.9 Å². The number of rotatable bonds is 5. The van der Waals surface area contributed by atoms with E-state index in [0.29, 0.717) is 5.56 Å². The largest absolute Gasteiger partial charge is 0.534 e. The van der Waals surface area contributed by atoms with E-state index in [1.807, 2.05) is 13.1 Å². The maximum atomic E-state index is 12.9. The fourth-order valence-corrected chi connectivity index (χ4v) is 3.96. The normalized spacial score (nSPS) is 20.6. The Morgan fingerprint density at radius 2 is 1.76 bits per heavy atom. The number of hydrogen-bond acceptors (Lipinski definition) is 5. The van der Waals surface area contributed by atoms with Gasteiger partial charge >= 0.3 is 15.6 Å². The third-order valence-corrected chi connectivity index (χ3v) is 10.6. The monoisotopic (exact) mass is 452 g/mol. The van der Waals surface area contributed by atoms with Crippen molar-refractivity contribution in [3.8, 4) is 5.75 Å². The van der Waals surface area contributed by atoms with Gasteiger partial charge in [0, 0.05) is 6.08 Å². The van der Waals surface area contributed by atoms with Crippen molar-refractivity contribution in [2.75, 3.05) is 6.61 Å². The molecule has 1 atom stereocenters. The Bertz CT molecular complexity index is 917. The Hall–Kier alpha value is -1.52. The number of alkyl halides is 3. The topological polar surface area (TPSA) is 61.8 Å². The quantitative estimate of drug-likeness (QED) is 0.341. The van der Waals surface area contributed by atoms with Crippen LogP contribution in [0.25, 0.3) is 5.76 Å². The fourth-order valence-electron chi connectivity index (χ4n) is 2.41. The summed E-state index contributed by atoms with van der Waals surface area (Å²) in [7, 11) is -8.01. The van der Waals surface area contributed by atoms with E-state index in [4.69, 9.17) is 9.16 Å². The molecule has 0 fully saturated rings. The van der Waals surface area contributed by atoms with Crippen LogP contribution < -0.4 is 4.74 Å². The van der Waals surface area contributed by atoms with Gasteiger partial charge in [-0.25, -0.2) is 0 Å². The van der Waals surface area contributed by atoms with E-state index in [1.54, 1.807) is 26.0 Å². The summed E-state index contributed by atoms with van der Waals surface area (Å²) in [6, 6.07) is 4.81. The van der Waals surface area contributed by atoms with Crippen molar-refractivity contribution in [3.05, 3.63) is 35.4 Å². The molecule has 10 heteroatoms. The van der Waals surface area contributed by atoms with Gasteiger partial charge in [0.15, 0.2) is 19.7 Å². The maximum Gasteiger partial charge on any atom is 0.534 e. The second-order valence-electron chi connectivity index (χ2n) is 8.96. The lowest BCUT2D eigenvalue weighted by Gasteiger charge is -2.40. The van der Waals surface area contributed by atoms with Crippen LogP contribution in [-0.2, 0) is 18.7 Å². The number of aryl methyl sites for hydroxylation is 1. The lowest BCUT2D eigenvalue weighted by molar-refractivity contribution is -0.0511. The van der Waals surface area contributed by atoms with E-state index in [-0.39, 0.29) is 23.0 Å². The number of hydrogen-bond donors (Lipinski definition) is 0.